The van der Waals surface area contributed by atoms with Gasteiger partial charge in [-0.2, -0.15) is 18.3 Å². The molecule has 0 aliphatic heterocycles. The molecule has 2 aromatic carbocycles. The zero-order chi connectivity index (χ0) is 22.6. The number of aromatic nitrogens is 2. The van der Waals surface area contributed by atoms with Gasteiger partial charge < -0.3 is 9.64 Å². The fraction of sp³-hybridized carbons (Fsp3) is 0.273. The Bertz CT molecular complexity index is 1050. The van der Waals surface area contributed by atoms with Gasteiger partial charge in [0.1, 0.15) is 0 Å². The van der Waals surface area contributed by atoms with Crippen LogP contribution in [0.15, 0.2) is 54.6 Å². The average Bonchev–Trinajstić information content (AvgIpc) is 3.17. The van der Waals surface area contributed by atoms with Gasteiger partial charge in [-0.3, -0.25) is 0 Å². The molecule has 0 aliphatic rings. The van der Waals surface area contributed by atoms with E-state index in [1.807, 2.05) is 19.0 Å². The molecule has 0 amide bonds. The number of rotatable bonds is 7. The number of halogens is 4. The molecule has 5 nitrogen and oxygen atoms in total. The third kappa shape index (κ3) is 5.65. The van der Waals surface area contributed by atoms with Crippen molar-refractivity contribution in [3.05, 3.63) is 70.9 Å². The highest BCUT2D eigenvalue weighted by Crippen LogP contribution is 2.34. The van der Waals surface area contributed by atoms with Crippen LogP contribution in [-0.2, 0) is 10.9 Å². The lowest BCUT2D eigenvalue weighted by Crippen LogP contribution is -2.16. The van der Waals surface area contributed by atoms with E-state index in [9.17, 15) is 18.0 Å². The van der Waals surface area contributed by atoms with Crippen LogP contribution in [0.1, 0.15) is 22.5 Å². The fourth-order valence-electron chi connectivity index (χ4n) is 2.94. The Labute approximate surface area is 183 Å². The predicted molar refractivity (Wildman–Crippen MR) is 112 cm³/mol. The Kier molecular flexibility index (Phi) is 7.02. The Balaban J connectivity index is 1.88. The largest absolute Gasteiger partial charge is 0.462 e. The van der Waals surface area contributed by atoms with Gasteiger partial charge in [-0.1, -0.05) is 35.9 Å². The van der Waals surface area contributed by atoms with Gasteiger partial charge in [0.2, 0.25) is 0 Å². The number of hydrogen-bond acceptors (Lipinski definition) is 4. The lowest BCUT2D eigenvalue weighted by atomic mass is 10.1. The van der Waals surface area contributed by atoms with Crippen LogP contribution in [0.5, 0.6) is 0 Å². The Morgan fingerprint density at radius 3 is 2.42 bits per heavy atom. The third-order valence-electron chi connectivity index (χ3n) is 4.48. The minimum absolute atomic E-state index is 0.200. The van der Waals surface area contributed by atoms with Crippen LogP contribution < -0.4 is 0 Å². The van der Waals surface area contributed by atoms with Crippen LogP contribution >= 0.6 is 11.6 Å². The maximum absolute atomic E-state index is 13.3. The van der Waals surface area contributed by atoms with Crippen molar-refractivity contribution >= 4 is 17.6 Å². The molecular weight excluding hydrogens is 431 g/mol. The molecule has 0 unspecified atom stereocenters. The number of benzene rings is 2. The summed E-state index contributed by atoms with van der Waals surface area (Å²) in [6.07, 6.45) is -3.91. The van der Waals surface area contributed by atoms with Crippen molar-refractivity contribution in [3.63, 3.8) is 0 Å². The first kappa shape index (κ1) is 22.8. The lowest BCUT2D eigenvalue weighted by Gasteiger charge is -2.11. The number of carbonyl (C=O) groups is 1. The normalized spacial score (nSPS) is 11.7. The second kappa shape index (κ2) is 9.53. The van der Waals surface area contributed by atoms with E-state index in [2.05, 4.69) is 5.10 Å². The second-order valence-electron chi connectivity index (χ2n) is 7.15. The Morgan fingerprint density at radius 1 is 1.13 bits per heavy atom. The molecule has 0 N–H and O–H groups in total. The standard InChI is InChI=1S/C22H21ClF3N3O2/c1-28(2)12-5-13-31-21(30)16-10-8-15(9-11-16)19-14-20(22(24,25)26)27-29(19)18-7-4-3-6-17(18)23/h3-4,6-11,14H,5,12-13H2,1-2H3. The summed E-state index contributed by atoms with van der Waals surface area (Å²) in [5.74, 6) is -0.485. The van der Waals surface area contributed by atoms with Crippen LogP contribution in [0.25, 0.3) is 16.9 Å². The van der Waals surface area contributed by atoms with Crippen molar-refractivity contribution in [2.75, 3.05) is 27.2 Å². The number of ether oxygens (including phenoxy) is 1. The lowest BCUT2D eigenvalue weighted by molar-refractivity contribution is -0.141. The van der Waals surface area contributed by atoms with Gasteiger partial charge in [0.05, 0.1) is 28.6 Å². The summed E-state index contributed by atoms with van der Waals surface area (Å²) < 4.78 is 46.3. The fourth-order valence-corrected chi connectivity index (χ4v) is 3.15. The number of alkyl halides is 3. The summed E-state index contributed by atoms with van der Waals surface area (Å²) in [7, 11) is 3.86. The highest BCUT2D eigenvalue weighted by atomic mass is 35.5. The predicted octanol–water partition coefficient (Wildman–Crippen LogP) is 5.32. The van der Waals surface area contributed by atoms with Crippen LogP contribution in [0.2, 0.25) is 5.02 Å². The molecule has 0 bridgehead atoms. The SMILES string of the molecule is CN(C)CCCOC(=O)c1ccc(-c2cc(C(F)(F)F)nn2-c2ccccc2Cl)cc1. The Hall–Kier alpha value is -2.84. The summed E-state index contributed by atoms with van der Waals surface area (Å²) in [4.78, 5) is 14.2. The van der Waals surface area contributed by atoms with E-state index < -0.39 is 17.8 Å². The van der Waals surface area contributed by atoms with Crippen molar-refractivity contribution in [2.24, 2.45) is 0 Å². The van der Waals surface area contributed by atoms with E-state index in [0.29, 0.717) is 23.2 Å². The summed E-state index contributed by atoms with van der Waals surface area (Å²) in [6.45, 7) is 1.08. The molecule has 31 heavy (non-hydrogen) atoms. The molecule has 0 atom stereocenters. The zero-order valence-corrected chi connectivity index (χ0v) is 17.7. The maximum Gasteiger partial charge on any atom is 0.435 e. The van der Waals surface area contributed by atoms with Crippen molar-refractivity contribution in [3.8, 4) is 16.9 Å². The molecule has 0 radical (unpaired) electrons. The van der Waals surface area contributed by atoms with Crippen molar-refractivity contribution in [2.45, 2.75) is 12.6 Å². The van der Waals surface area contributed by atoms with Crippen LogP contribution in [0.4, 0.5) is 13.2 Å². The molecular formula is C22H21ClF3N3O2. The quantitative estimate of drug-likeness (QED) is 0.360. The van der Waals surface area contributed by atoms with E-state index in [1.54, 1.807) is 36.4 Å². The molecule has 0 saturated heterocycles. The van der Waals surface area contributed by atoms with Crippen molar-refractivity contribution in [1.82, 2.24) is 14.7 Å². The van der Waals surface area contributed by atoms with Gasteiger partial charge in [0.25, 0.3) is 0 Å². The number of nitrogens with zero attached hydrogens (tertiary/aromatic N) is 3. The molecule has 164 valence electrons. The van der Waals surface area contributed by atoms with Crippen LogP contribution in [-0.4, -0.2) is 47.9 Å². The molecule has 9 heteroatoms. The summed E-state index contributed by atoms with van der Waals surface area (Å²) >= 11 is 6.18. The average molecular weight is 452 g/mol. The van der Waals surface area contributed by atoms with Gasteiger partial charge in [-0.15, -0.1) is 0 Å². The summed E-state index contributed by atoms with van der Waals surface area (Å²) in [5, 5.41) is 3.98. The first-order valence-electron chi connectivity index (χ1n) is 9.51. The van der Waals surface area contributed by atoms with E-state index in [-0.39, 0.29) is 17.3 Å². The minimum Gasteiger partial charge on any atom is -0.462 e. The minimum atomic E-state index is -4.61. The number of para-hydroxylation sites is 1. The van der Waals surface area contributed by atoms with Gasteiger partial charge in [0, 0.05) is 12.1 Å². The second-order valence-corrected chi connectivity index (χ2v) is 7.55. The van der Waals surface area contributed by atoms with E-state index in [0.717, 1.165) is 17.3 Å². The van der Waals surface area contributed by atoms with Gasteiger partial charge in [0.15, 0.2) is 5.69 Å². The maximum atomic E-state index is 13.3. The molecule has 1 heterocycles. The number of hydrogen-bond donors (Lipinski definition) is 0. The molecule has 0 spiro atoms. The zero-order valence-electron chi connectivity index (χ0n) is 17.0. The van der Waals surface area contributed by atoms with Crippen molar-refractivity contribution in [1.29, 1.82) is 0 Å². The molecule has 0 saturated carbocycles. The summed E-state index contributed by atoms with van der Waals surface area (Å²) in [6, 6.07) is 13.6. The first-order valence-corrected chi connectivity index (χ1v) is 9.89. The molecule has 0 aliphatic carbocycles. The number of esters is 1. The highest BCUT2D eigenvalue weighted by Gasteiger charge is 2.35. The van der Waals surface area contributed by atoms with Crippen molar-refractivity contribution < 1.29 is 22.7 Å². The van der Waals surface area contributed by atoms with Gasteiger partial charge >= 0.3 is 12.1 Å². The van der Waals surface area contributed by atoms with Crippen LogP contribution in [0.3, 0.4) is 0 Å². The first-order chi connectivity index (χ1) is 14.7. The van der Waals surface area contributed by atoms with E-state index in [4.69, 9.17) is 16.3 Å². The van der Waals surface area contributed by atoms with E-state index in [1.165, 1.54) is 12.1 Å². The third-order valence-corrected chi connectivity index (χ3v) is 4.80. The molecule has 1 aromatic heterocycles. The van der Waals surface area contributed by atoms with Crippen LogP contribution in [0, 0.1) is 0 Å². The van der Waals surface area contributed by atoms with Gasteiger partial charge in [-0.25, -0.2) is 9.48 Å². The Morgan fingerprint density at radius 2 is 1.81 bits per heavy atom. The number of carbonyl (C=O) groups excluding carboxylic acids is 1. The van der Waals surface area contributed by atoms with Gasteiger partial charge in [-0.05, 0) is 50.8 Å². The molecule has 3 rings (SSSR count). The summed E-state index contributed by atoms with van der Waals surface area (Å²) in [5.41, 5.74) is 0.248. The topological polar surface area (TPSA) is 47.4 Å². The monoisotopic (exact) mass is 451 g/mol. The molecule has 3 aromatic rings. The molecule has 0 fully saturated rings. The van der Waals surface area contributed by atoms with E-state index >= 15 is 0 Å². The smallest absolute Gasteiger partial charge is 0.435 e. The highest BCUT2D eigenvalue weighted by molar-refractivity contribution is 6.32.